The third kappa shape index (κ3) is 5.00. The van der Waals surface area contributed by atoms with Crippen LogP contribution in [0.4, 0.5) is 0 Å². The van der Waals surface area contributed by atoms with Gasteiger partial charge >= 0.3 is 0 Å². The molecule has 0 aromatic carbocycles. The number of allylic oxidation sites excluding steroid dienone is 2. The lowest BCUT2D eigenvalue weighted by atomic mass is 10.0. The molecule has 70 valence electrons. The van der Waals surface area contributed by atoms with E-state index in [0.29, 0.717) is 5.92 Å². The summed E-state index contributed by atoms with van der Waals surface area (Å²) in [6, 6.07) is 0. The molecule has 1 unspecified atom stereocenters. The first-order valence-corrected chi connectivity index (χ1v) is 4.75. The molecule has 0 aromatic heterocycles. The zero-order valence-electron chi connectivity index (χ0n) is 8.40. The average molecular weight is 167 g/mol. The zero-order valence-corrected chi connectivity index (χ0v) is 8.40. The van der Waals surface area contributed by atoms with Gasteiger partial charge in [-0.05, 0) is 25.2 Å². The second-order valence-electron chi connectivity index (χ2n) is 3.22. The lowest BCUT2D eigenvalue weighted by Gasteiger charge is -2.15. The number of rotatable bonds is 7. The number of nitrogens with one attached hydrogen (secondary N) is 1. The molecule has 0 bridgehead atoms. The molecule has 0 aliphatic carbocycles. The van der Waals surface area contributed by atoms with Crippen molar-refractivity contribution in [3.8, 4) is 0 Å². The smallest absolute Gasteiger partial charge is 0.0141 e. The average Bonchev–Trinajstić information content (AvgIpc) is 2.10. The number of hydrogen-bond acceptors (Lipinski definition) is 1. The minimum atomic E-state index is 0.564. The predicted molar refractivity (Wildman–Crippen MR) is 56.0 cm³/mol. The molecule has 0 rings (SSSR count). The molecule has 1 N–H and O–H groups in total. The summed E-state index contributed by atoms with van der Waals surface area (Å²) in [5.74, 6) is 0.564. The normalized spacial score (nSPS) is 12.2. The second kappa shape index (κ2) is 6.96. The molecule has 0 amide bonds. The standard InChI is InChI=1S/C11H21N/c1-5-7-8-10(3)11(4)12-9-6-2/h5,10,12H,1,4,6-9H2,2-3H3. The molecule has 0 heterocycles. The monoisotopic (exact) mass is 167 g/mol. The molecular weight excluding hydrogens is 146 g/mol. The van der Waals surface area contributed by atoms with Crippen LogP contribution in [0.25, 0.3) is 0 Å². The maximum absolute atomic E-state index is 4.00. The van der Waals surface area contributed by atoms with E-state index in [4.69, 9.17) is 0 Å². The summed E-state index contributed by atoms with van der Waals surface area (Å²) in [6.07, 6.45) is 5.35. The van der Waals surface area contributed by atoms with Crippen molar-refractivity contribution in [2.75, 3.05) is 6.54 Å². The number of hydrogen-bond donors (Lipinski definition) is 1. The minimum Gasteiger partial charge on any atom is -0.389 e. The van der Waals surface area contributed by atoms with E-state index in [1.165, 1.54) is 5.70 Å². The van der Waals surface area contributed by atoms with Gasteiger partial charge in [0.25, 0.3) is 0 Å². The van der Waals surface area contributed by atoms with E-state index in [9.17, 15) is 0 Å². The molecule has 0 radical (unpaired) electrons. The van der Waals surface area contributed by atoms with Crippen LogP contribution >= 0.6 is 0 Å². The van der Waals surface area contributed by atoms with Crippen LogP contribution in [0, 0.1) is 5.92 Å². The third-order valence-corrected chi connectivity index (χ3v) is 2.00. The fourth-order valence-corrected chi connectivity index (χ4v) is 1.00. The van der Waals surface area contributed by atoms with Gasteiger partial charge in [0.05, 0.1) is 0 Å². The molecule has 1 nitrogen and oxygen atoms in total. The second-order valence-corrected chi connectivity index (χ2v) is 3.22. The van der Waals surface area contributed by atoms with Gasteiger partial charge in [0, 0.05) is 12.2 Å². The Morgan fingerprint density at radius 2 is 2.25 bits per heavy atom. The Bertz CT molecular complexity index is 138. The SMILES string of the molecule is C=CCCC(C)C(=C)NCCC. The molecule has 0 saturated heterocycles. The maximum Gasteiger partial charge on any atom is 0.0141 e. The van der Waals surface area contributed by atoms with Gasteiger partial charge in [-0.3, -0.25) is 0 Å². The highest BCUT2D eigenvalue weighted by molar-refractivity contribution is 4.96. The Balaban J connectivity index is 3.53. The van der Waals surface area contributed by atoms with Gasteiger partial charge in [0.2, 0.25) is 0 Å². The van der Waals surface area contributed by atoms with Gasteiger partial charge < -0.3 is 5.32 Å². The quantitative estimate of drug-likeness (QED) is 0.574. The van der Waals surface area contributed by atoms with Gasteiger partial charge in [-0.2, -0.15) is 0 Å². The van der Waals surface area contributed by atoms with E-state index in [0.717, 1.165) is 25.8 Å². The summed E-state index contributed by atoms with van der Waals surface area (Å²) in [6.45, 7) is 13.1. The van der Waals surface area contributed by atoms with E-state index < -0.39 is 0 Å². The lowest BCUT2D eigenvalue weighted by molar-refractivity contribution is 0.566. The van der Waals surface area contributed by atoms with Crippen LogP contribution in [0.3, 0.4) is 0 Å². The molecule has 0 fully saturated rings. The summed E-state index contributed by atoms with van der Waals surface area (Å²) >= 11 is 0. The zero-order chi connectivity index (χ0) is 9.40. The molecule has 0 aliphatic rings. The van der Waals surface area contributed by atoms with Crippen LogP contribution in [-0.4, -0.2) is 6.54 Å². The van der Waals surface area contributed by atoms with Crippen LogP contribution in [-0.2, 0) is 0 Å². The van der Waals surface area contributed by atoms with E-state index in [1.807, 2.05) is 6.08 Å². The topological polar surface area (TPSA) is 12.0 Å². The molecule has 0 aromatic rings. The van der Waals surface area contributed by atoms with Gasteiger partial charge in [0.1, 0.15) is 0 Å². The molecule has 12 heavy (non-hydrogen) atoms. The van der Waals surface area contributed by atoms with Gasteiger partial charge in [0.15, 0.2) is 0 Å². The van der Waals surface area contributed by atoms with Gasteiger partial charge in [-0.15, -0.1) is 6.58 Å². The first-order valence-electron chi connectivity index (χ1n) is 4.75. The highest BCUT2D eigenvalue weighted by atomic mass is 14.9. The Kier molecular flexibility index (Phi) is 6.54. The van der Waals surface area contributed by atoms with E-state index in [1.54, 1.807) is 0 Å². The van der Waals surface area contributed by atoms with E-state index >= 15 is 0 Å². The lowest BCUT2D eigenvalue weighted by Crippen LogP contribution is -2.18. The van der Waals surface area contributed by atoms with Crippen LogP contribution < -0.4 is 5.32 Å². The summed E-state index contributed by atoms with van der Waals surface area (Å²) in [7, 11) is 0. The van der Waals surface area contributed by atoms with Crippen molar-refractivity contribution in [1.82, 2.24) is 5.32 Å². The van der Waals surface area contributed by atoms with Gasteiger partial charge in [-0.1, -0.05) is 26.5 Å². The highest BCUT2D eigenvalue weighted by Crippen LogP contribution is 2.12. The molecular formula is C11H21N. The first kappa shape index (κ1) is 11.3. The van der Waals surface area contributed by atoms with E-state index in [-0.39, 0.29) is 0 Å². The summed E-state index contributed by atoms with van der Waals surface area (Å²) in [5.41, 5.74) is 1.17. The third-order valence-electron chi connectivity index (χ3n) is 2.00. The van der Waals surface area contributed by atoms with Crippen molar-refractivity contribution in [2.45, 2.75) is 33.1 Å². The van der Waals surface area contributed by atoms with Crippen molar-refractivity contribution in [1.29, 1.82) is 0 Å². The fourth-order valence-electron chi connectivity index (χ4n) is 1.00. The summed E-state index contributed by atoms with van der Waals surface area (Å²) in [4.78, 5) is 0. The Morgan fingerprint density at radius 1 is 1.58 bits per heavy atom. The van der Waals surface area contributed by atoms with Crippen LogP contribution in [0.2, 0.25) is 0 Å². The molecule has 1 heteroatoms. The Morgan fingerprint density at radius 3 is 2.75 bits per heavy atom. The molecule has 1 atom stereocenters. The highest BCUT2D eigenvalue weighted by Gasteiger charge is 2.03. The van der Waals surface area contributed by atoms with Crippen molar-refractivity contribution in [2.24, 2.45) is 5.92 Å². The van der Waals surface area contributed by atoms with Crippen molar-refractivity contribution < 1.29 is 0 Å². The Labute approximate surface area is 76.6 Å². The maximum atomic E-state index is 4.00. The largest absolute Gasteiger partial charge is 0.389 e. The van der Waals surface area contributed by atoms with Crippen molar-refractivity contribution in [3.63, 3.8) is 0 Å². The van der Waals surface area contributed by atoms with Gasteiger partial charge in [-0.25, -0.2) is 0 Å². The van der Waals surface area contributed by atoms with Crippen molar-refractivity contribution in [3.05, 3.63) is 24.9 Å². The molecule has 0 aliphatic heterocycles. The first-order chi connectivity index (χ1) is 5.72. The molecule has 0 spiro atoms. The van der Waals surface area contributed by atoms with Crippen LogP contribution in [0.15, 0.2) is 24.9 Å². The summed E-state index contributed by atoms with van der Waals surface area (Å²) in [5, 5.41) is 3.31. The fraction of sp³-hybridized carbons (Fsp3) is 0.636. The van der Waals surface area contributed by atoms with Crippen LogP contribution in [0.5, 0.6) is 0 Å². The minimum absolute atomic E-state index is 0.564. The Hall–Kier alpha value is -0.720. The van der Waals surface area contributed by atoms with Crippen LogP contribution in [0.1, 0.15) is 33.1 Å². The molecule has 0 saturated carbocycles. The predicted octanol–water partition coefficient (Wildman–Crippen LogP) is 3.10. The summed E-state index contributed by atoms with van der Waals surface area (Å²) < 4.78 is 0. The van der Waals surface area contributed by atoms with E-state index in [2.05, 4.69) is 32.3 Å². The van der Waals surface area contributed by atoms with Crippen molar-refractivity contribution >= 4 is 0 Å².